The van der Waals surface area contributed by atoms with Gasteiger partial charge in [0.2, 0.25) is 0 Å². The molecule has 35 heavy (non-hydrogen) atoms. The van der Waals surface area contributed by atoms with Gasteiger partial charge in [-0.25, -0.2) is 4.98 Å². The Balaban J connectivity index is 0.000000185. The molecule has 7 heteroatoms. The molecule has 2 aromatic heterocycles. The Bertz CT molecular complexity index is 1070. The first-order valence-corrected chi connectivity index (χ1v) is 14.4. The Morgan fingerprint density at radius 1 is 1.03 bits per heavy atom. The molecular weight excluding hydrogens is 474 g/mol. The van der Waals surface area contributed by atoms with E-state index < -0.39 is 0 Å². The molecule has 1 amide bonds. The Hall–Kier alpha value is -2.09. The van der Waals surface area contributed by atoms with E-state index in [4.69, 9.17) is 5.73 Å². The summed E-state index contributed by atoms with van der Waals surface area (Å²) in [6.45, 7) is 9.85. The van der Waals surface area contributed by atoms with Gasteiger partial charge in [-0.3, -0.25) is 9.59 Å². The number of thiophene rings is 1. The van der Waals surface area contributed by atoms with Crippen LogP contribution in [0.25, 0.3) is 10.1 Å². The molecule has 0 unspecified atom stereocenters. The molecule has 0 saturated heterocycles. The van der Waals surface area contributed by atoms with Crippen molar-refractivity contribution in [1.29, 1.82) is 0 Å². The largest absolute Gasteiger partial charge is 0.365 e. The van der Waals surface area contributed by atoms with Crippen molar-refractivity contribution in [2.24, 2.45) is 5.73 Å². The summed E-state index contributed by atoms with van der Waals surface area (Å²) in [4.78, 5) is 30.4. The van der Waals surface area contributed by atoms with E-state index in [2.05, 4.69) is 36.8 Å². The number of hydrogen-bond donors (Lipinski definition) is 1. The van der Waals surface area contributed by atoms with E-state index in [-0.39, 0.29) is 11.7 Å². The van der Waals surface area contributed by atoms with Crippen molar-refractivity contribution in [1.82, 2.24) is 9.88 Å². The van der Waals surface area contributed by atoms with E-state index in [0.29, 0.717) is 9.88 Å². The maximum absolute atomic E-state index is 11.1. The SMILES string of the molecule is C1CCCCC1.CC(=O)c1nc2c(s1)CN(C)CC2.CCC.Cc1ccc2cc(C(N)=O)sc2c1. The molecule has 0 radical (unpaired) electrons. The number of aryl methyl sites for hydroxylation is 1. The van der Waals surface area contributed by atoms with E-state index in [0.717, 1.165) is 35.3 Å². The highest BCUT2D eigenvalue weighted by Gasteiger charge is 2.19. The Morgan fingerprint density at radius 2 is 1.63 bits per heavy atom. The lowest BCUT2D eigenvalue weighted by Crippen LogP contribution is -2.25. The number of nitrogens with zero attached hydrogens (tertiary/aromatic N) is 2. The van der Waals surface area contributed by atoms with Gasteiger partial charge < -0.3 is 10.6 Å². The van der Waals surface area contributed by atoms with Gasteiger partial charge >= 0.3 is 0 Å². The standard InChI is InChI=1S/C10H9NOS.C9H12N2OS.C6H12.C3H8/c1-6-2-3-7-5-9(10(11)12)13-8(7)4-6;1-6(12)9-10-7-3-4-11(2)5-8(7)13-9;1-2-4-6-5-3-1;1-3-2/h2-5H,1H3,(H2,11,12);3-5H2,1-2H3;1-6H2;3H2,1-2H3. The molecule has 3 heterocycles. The van der Waals surface area contributed by atoms with Crippen LogP contribution in [-0.4, -0.2) is 35.2 Å². The molecule has 5 nitrogen and oxygen atoms in total. The number of hydrogen-bond acceptors (Lipinski definition) is 6. The number of benzene rings is 1. The van der Waals surface area contributed by atoms with Gasteiger partial charge in [0.05, 0.1) is 10.6 Å². The number of primary amides is 1. The zero-order valence-electron chi connectivity index (χ0n) is 22.0. The van der Waals surface area contributed by atoms with E-state index in [1.54, 1.807) is 18.3 Å². The normalized spacial score (nSPS) is 14.9. The highest BCUT2D eigenvalue weighted by Crippen LogP contribution is 2.26. The summed E-state index contributed by atoms with van der Waals surface area (Å²) in [6.07, 6.45) is 11.2. The van der Waals surface area contributed by atoms with Gasteiger partial charge in [0.1, 0.15) is 0 Å². The van der Waals surface area contributed by atoms with Crippen LogP contribution in [0.2, 0.25) is 0 Å². The van der Waals surface area contributed by atoms with Crippen LogP contribution < -0.4 is 5.73 Å². The molecule has 0 atom stereocenters. The van der Waals surface area contributed by atoms with E-state index in [1.807, 2.05) is 25.1 Å². The van der Waals surface area contributed by atoms with Gasteiger partial charge in [-0.1, -0.05) is 70.9 Å². The molecule has 1 aromatic carbocycles. The minimum atomic E-state index is -0.348. The van der Waals surface area contributed by atoms with Crippen LogP contribution in [0.4, 0.5) is 0 Å². The second-order valence-corrected chi connectivity index (χ2v) is 11.4. The van der Waals surface area contributed by atoms with Gasteiger partial charge in [-0.05, 0) is 37.1 Å². The van der Waals surface area contributed by atoms with Crippen LogP contribution in [0, 0.1) is 6.92 Å². The number of thiazole rings is 1. The quantitative estimate of drug-likeness (QED) is 0.361. The first-order chi connectivity index (χ1) is 16.7. The summed E-state index contributed by atoms with van der Waals surface area (Å²) in [7, 11) is 2.09. The number of rotatable bonds is 2. The third kappa shape index (κ3) is 9.82. The first kappa shape index (κ1) is 29.1. The number of Topliss-reactive ketones (excluding diaryl/α,β-unsaturated/α-hetero) is 1. The molecule has 2 aliphatic rings. The monoisotopic (exact) mass is 515 g/mol. The fourth-order valence-corrected chi connectivity index (χ4v) is 5.89. The van der Waals surface area contributed by atoms with Crippen LogP contribution in [0.5, 0.6) is 0 Å². The summed E-state index contributed by atoms with van der Waals surface area (Å²) in [5.74, 6) is -0.263. The predicted molar refractivity (Wildman–Crippen MR) is 151 cm³/mol. The number of likely N-dealkylation sites (N-methyl/N-ethyl adjacent to an activating group) is 1. The molecule has 2 N–H and O–H groups in total. The number of aromatic nitrogens is 1. The number of fused-ring (bicyclic) bond motifs is 2. The highest BCUT2D eigenvalue weighted by molar-refractivity contribution is 7.20. The molecule has 1 saturated carbocycles. The minimum absolute atomic E-state index is 0.0852. The average Bonchev–Trinajstić information content (AvgIpc) is 3.45. The van der Waals surface area contributed by atoms with Gasteiger partial charge in [0, 0.05) is 36.0 Å². The summed E-state index contributed by atoms with van der Waals surface area (Å²) < 4.78 is 1.12. The molecule has 192 valence electrons. The fraction of sp³-hybridized carbons (Fsp3) is 0.536. The lowest BCUT2D eigenvalue weighted by Gasteiger charge is -2.20. The van der Waals surface area contributed by atoms with Gasteiger partial charge in [-0.15, -0.1) is 22.7 Å². The number of carbonyl (C=O) groups excluding carboxylic acids is 2. The van der Waals surface area contributed by atoms with Crippen LogP contribution in [0.15, 0.2) is 24.3 Å². The van der Waals surface area contributed by atoms with E-state index in [1.165, 1.54) is 66.7 Å². The van der Waals surface area contributed by atoms with Crippen molar-refractivity contribution >= 4 is 44.5 Å². The van der Waals surface area contributed by atoms with E-state index in [9.17, 15) is 9.59 Å². The van der Waals surface area contributed by atoms with Gasteiger partial charge in [0.15, 0.2) is 10.8 Å². The molecule has 5 rings (SSSR count). The lowest BCUT2D eigenvalue weighted by atomic mass is 10.0. The van der Waals surface area contributed by atoms with Crippen molar-refractivity contribution in [2.75, 3.05) is 13.6 Å². The summed E-state index contributed by atoms with van der Waals surface area (Å²) in [6, 6.07) is 7.93. The average molecular weight is 516 g/mol. The van der Waals surface area contributed by atoms with Crippen molar-refractivity contribution in [2.45, 2.75) is 85.6 Å². The Labute approximate surface area is 218 Å². The van der Waals surface area contributed by atoms with E-state index >= 15 is 0 Å². The number of amides is 1. The topological polar surface area (TPSA) is 76.3 Å². The zero-order chi connectivity index (χ0) is 25.8. The molecule has 0 bridgehead atoms. The molecular formula is C28H41N3O2S2. The predicted octanol–water partition coefficient (Wildman–Crippen LogP) is 7.40. The number of carbonyl (C=O) groups is 2. The third-order valence-electron chi connectivity index (χ3n) is 5.64. The van der Waals surface area contributed by atoms with Crippen LogP contribution in [-0.2, 0) is 13.0 Å². The summed E-state index contributed by atoms with van der Waals surface area (Å²) >= 11 is 2.99. The summed E-state index contributed by atoms with van der Waals surface area (Å²) in [5.41, 5.74) is 7.52. The minimum Gasteiger partial charge on any atom is -0.365 e. The van der Waals surface area contributed by atoms with Crippen molar-refractivity contribution in [3.05, 3.63) is 50.3 Å². The Morgan fingerprint density at radius 3 is 2.17 bits per heavy atom. The second-order valence-electron chi connectivity index (χ2n) is 9.28. The van der Waals surface area contributed by atoms with Gasteiger partial charge in [0.25, 0.3) is 5.91 Å². The van der Waals surface area contributed by atoms with Crippen LogP contribution >= 0.6 is 22.7 Å². The molecule has 3 aromatic rings. The summed E-state index contributed by atoms with van der Waals surface area (Å²) in [5, 5.41) is 1.75. The Kier molecular flexibility index (Phi) is 12.6. The lowest BCUT2D eigenvalue weighted by molar-refractivity contribution is 0.0999. The second kappa shape index (κ2) is 15.1. The number of ketones is 1. The molecule has 1 aliphatic carbocycles. The smallest absolute Gasteiger partial charge is 0.258 e. The van der Waals surface area contributed by atoms with Crippen molar-refractivity contribution in [3.8, 4) is 0 Å². The maximum Gasteiger partial charge on any atom is 0.258 e. The van der Waals surface area contributed by atoms with Crippen molar-refractivity contribution < 1.29 is 9.59 Å². The van der Waals surface area contributed by atoms with Crippen molar-refractivity contribution in [3.63, 3.8) is 0 Å². The highest BCUT2D eigenvalue weighted by atomic mass is 32.1. The van der Waals surface area contributed by atoms with Gasteiger partial charge in [-0.2, -0.15) is 0 Å². The third-order valence-corrected chi connectivity index (χ3v) is 7.94. The maximum atomic E-state index is 11.1. The fourth-order valence-electron chi connectivity index (χ4n) is 3.79. The molecule has 0 spiro atoms. The number of nitrogens with two attached hydrogens (primary N) is 1. The van der Waals surface area contributed by atoms with Crippen LogP contribution in [0.3, 0.4) is 0 Å². The molecule has 1 aliphatic heterocycles. The first-order valence-electron chi connectivity index (χ1n) is 12.7. The van der Waals surface area contributed by atoms with Crippen LogP contribution in [0.1, 0.15) is 101 Å². The zero-order valence-corrected chi connectivity index (χ0v) is 23.6. The molecule has 1 fully saturated rings.